The lowest BCUT2D eigenvalue weighted by molar-refractivity contribution is -0.145. The third kappa shape index (κ3) is 3.90. The van der Waals surface area contributed by atoms with Gasteiger partial charge in [0, 0.05) is 6.20 Å². The van der Waals surface area contributed by atoms with Gasteiger partial charge in [-0.15, -0.1) is 0 Å². The van der Waals surface area contributed by atoms with E-state index >= 15 is 0 Å². The molecule has 2 atom stereocenters. The van der Waals surface area contributed by atoms with Crippen LogP contribution in [0.3, 0.4) is 0 Å². The Hall–Kier alpha value is -2.20. The molecule has 25 heavy (non-hydrogen) atoms. The van der Waals surface area contributed by atoms with Crippen LogP contribution in [0.4, 0.5) is 0 Å². The first-order chi connectivity index (χ1) is 12.1. The number of piperidine rings is 1. The van der Waals surface area contributed by atoms with Crippen molar-refractivity contribution in [2.75, 3.05) is 6.54 Å². The van der Waals surface area contributed by atoms with Crippen LogP contribution >= 0.6 is 0 Å². The van der Waals surface area contributed by atoms with E-state index < -0.39 is 12.0 Å². The fraction of sp³-hybridized carbons (Fsp3) is 0.429. The molecule has 1 saturated heterocycles. The number of aliphatic carboxylic acids is 1. The quantitative estimate of drug-likeness (QED) is 0.886. The van der Waals surface area contributed by atoms with Crippen molar-refractivity contribution in [2.24, 2.45) is 0 Å². The summed E-state index contributed by atoms with van der Waals surface area (Å²) in [5, 5.41) is 9.71. The Balaban J connectivity index is 2.02. The van der Waals surface area contributed by atoms with Gasteiger partial charge in [0.1, 0.15) is 6.04 Å². The monoisotopic (exact) mass is 338 g/mol. The molecule has 4 nitrogen and oxygen atoms in total. The van der Waals surface area contributed by atoms with Crippen LogP contribution < -0.4 is 0 Å². The van der Waals surface area contributed by atoms with Gasteiger partial charge < -0.3 is 5.11 Å². The van der Waals surface area contributed by atoms with E-state index in [1.165, 1.54) is 5.56 Å². The molecule has 4 heteroatoms. The zero-order chi connectivity index (χ0) is 17.8. The molecular weight excluding hydrogens is 312 g/mol. The first-order valence-electron chi connectivity index (χ1n) is 9.07. The Labute approximate surface area is 149 Å². The minimum atomic E-state index is -0.737. The zero-order valence-corrected chi connectivity index (χ0v) is 14.9. The molecule has 1 aliphatic rings. The summed E-state index contributed by atoms with van der Waals surface area (Å²) in [5.74, 6) is -0.261. The molecule has 0 radical (unpaired) electrons. The second-order valence-corrected chi connectivity index (χ2v) is 7.07. The summed E-state index contributed by atoms with van der Waals surface area (Å²) in [6.45, 7) is 5.14. The van der Waals surface area contributed by atoms with Crippen LogP contribution in [0, 0.1) is 0 Å². The van der Waals surface area contributed by atoms with Crippen molar-refractivity contribution >= 4 is 5.97 Å². The first-order valence-corrected chi connectivity index (χ1v) is 9.07. The van der Waals surface area contributed by atoms with Crippen molar-refractivity contribution in [3.63, 3.8) is 0 Å². The number of pyridine rings is 1. The van der Waals surface area contributed by atoms with Crippen LogP contribution in [0.2, 0.25) is 0 Å². The lowest BCUT2D eigenvalue weighted by Gasteiger charge is -2.39. The number of aromatic nitrogens is 1. The molecule has 2 heterocycles. The fourth-order valence-corrected chi connectivity index (χ4v) is 3.66. The van der Waals surface area contributed by atoms with E-state index in [1.54, 1.807) is 6.20 Å². The largest absolute Gasteiger partial charge is 0.480 e. The van der Waals surface area contributed by atoms with Gasteiger partial charge in [-0.25, -0.2) is 0 Å². The molecule has 1 aliphatic heterocycles. The number of carboxylic acid groups (broad SMARTS) is 1. The maximum absolute atomic E-state index is 11.8. The predicted molar refractivity (Wildman–Crippen MR) is 98.6 cm³/mol. The first kappa shape index (κ1) is 17.6. The van der Waals surface area contributed by atoms with Crippen molar-refractivity contribution in [3.8, 4) is 0 Å². The van der Waals surface area contributed by atoms with Crippen LogP contribution in [0.5, 0.6) is 0 Å². The molecule has 2 unspecified atom stereocenters. The third-order valence-electron chi connectivity index (χ3n) is 5.05. The Morgan fingerprint density at radius 3 is 2.44 bits per heavy atom. The van der Waals surface area contributed by atoms with Crippen molar-refractivity contribution in [3.05, 3.63) is 65.5 Å². The summed E-state index contributed by atoms with van der Waals surface area (Å²) in [7, 11) is 0. The van der Waals surface area contributed by atoms with Crippen LogP contribution in [0.1, 0.15) is 61.9 Å². The molecule has 0 bridgehead atoms. The van der Waals surface area contributed by atoms with E-state index in [-0.39, 0.29) is 6.04 Å². The van der Waals surface area contributed by atoms with Gasteiger partial charge in [-0.1, -0.05) is 50.6 Å². The van der Waals surface area contributed by atoms with Crippen LogP contribution in [0.15, 0.2) is 48.7 Å². The number of nitrogens with zero attached hydrogens (tertiary/aromatic N) is 2. The molecule has 3 rings (SSSR count). The maximum atomic E-state index is 11.8. The second kappa shape index (κ2) is 7.79. The van der Waals surface area contributed by atoms with Crippen LogP contribution in [0.25, 0.3) is 0 Å². The highest BCUT2D eigenvalue weighted by molar-refractivity contribution is 5.73. The molecular formula is C21H26N2O2. The average Bonchev–Trinajstić information content (AvgIpc) is 2.63. The van der Waals surface area contributed by atoms with E-state index in [4.69, 9.17) is 0 Å². The van der Waals surface area contributed by atoms with Gasteiger partial charge in [-0.05, 0) is 48.6 Å². The number of benzene rings is 1. The SMILES string of the molecule is CC(C)c1ccc(C(c2ccccn2)N2CCCCC2C(=O)O)cc1. The van der Waals surface area contributed by atoms with Crippen LogP contribution in [-0.4, -0.2) is 33.5 Å². The lowest BCUT2D eigenvalue weighted by Crippen LogP contribution is -2.47. The highest BCUT2D eigenvalue weighted by atomic mass is 16.4. The summed E-state index contributed by atoms with van der Waals surface area (Å²) in [5.41, 5.74) is 3.31. The standard InChI is InChI=1S/C21H26N2O2/c1-15(2)16-9-11-17(12-10-16)20(18-7-3-5-13-22-18)23-14-6-4-8-19(23)21(24)25/h3,5,7,9-13,15,19-20H,4,6,8,14H2,1-2H3,(H,24,25). The van der Waals surface area contributed by atoms with E-state index in [0.717, 1.165) is 30.6 Å². The molecule has 1 fully saturated rings. The van der Waals surface area contributed by atoms with Gasteiger partial charge >= 0.3 is 5.97 Å². The Kier molecular flexibility index (Phi) is 5.49. The van der Waals surface area contributed by atoms with E-state index in [9.17, 15) is 9.90 Å². The average molecular weight is 338 g/mol. The molecule has 0 saturated carbocycles. The summed E-state index contributed by atoms with van der Waals surface area (Å²) in [4.78, 5) is 18.5. The Morgan fingerprint density at radius 1 is 1.12 bits per heavy atom. The van der Waals surface area contributed by atoms with Crippen molar-refractivity contribution in [2.45, 2.75) is 51.1 Å². The smallest absolute Gasteiger partial charge is 0.320 e. The van der Waals surface area contributed by atoms with Crippen LogP contribution in [-0.2, 0) is 4.79 Å². The van der Waals surface area contributed by atoms with E-state index in [0.29, 0.717) is 12.3 Å². The number of hydrogen-bond acceptors (Lipinski definition) is 3. The van der Waals surface area contributed by atoms with Crippen molar-refractivity contribution < 1.29 is 9.90 Å². The number of likely N-dealkylation sites (tertiary alicyclic amines) is 1. The minimum absolute atomic E-state index is 0.121. The Morgan fingerprint density at radius 2 is 1.84 bits per heavy atom. The molecule has 0 amide bonds. The fourth-order valence-electron chi connectivity index (χ4n) is 3.66. The van der Waals surface area contributed by atoms with Gasteiger partial charge in [-0.3, -0.25) is 14.7 Å². The predicted octanol–water partition coefficient (Wildman–Crippen LogP) is 4.23. The number of carbonyl (C=O) groups is 1. The van der Waals surface area contributed by atoms with E-state index in [2.05, 4.69) is 48.0 Å². The number of hydrogen-bond donors (Lipinski definition) is 1. The summed E-state index contributed by atoms with van der Waals surface area (Å²) < 4.78 is 0. The van der Waals surface area contributed by atoms with Gasteiger partial charge in [-0.2, -0.15) is 0 Å². The third-order valence-corrected chi connectivity index (χ3v) is 5.05. The molecule has 1 aromatic carbocycles. The summed E-state index contributed by atoms with van der Waals surface area (Å²) in [6, 6.07) is 13.8. The normalized spacial score (nSPS) is 19.7. The van der Waals surface area contributed by atoms with Gasteiger partial charge in [0.2, 0.25) is 0 Å². The molecule has 2 aromatic rings. The minimum Gasteiger partial charge on any atom is -0.480 e. The lowest BCUT2D eigenvalue weighted by atomic mass is 9.92. The van der Waals surface area contributed by atoms with Crippen molar-refractivity contribution in [1.29, 1.82) is 0 Å². The zero-order valence-electron chi connectivity index (χ0n) is 14.9. The van der Waals surface area contributed by atoms with E-state index in [1.807, 2.05) is 18.2 Å². The molecule has 132 valence electrons. The highest BCUT2D eigenvalue weighted by Gasteiger charge is 2.35. The Bertz CT molecular complexity index is 698. The molecule has 0 spiro atoms. The molecule has 0 aliphatic carbocycles. The van der Waals surface area contributed by atoms with Gasteiger partial charge in [0.15, 0.2) is 0 Å². The van der Waals surface area contributed by atoms with Gasteiger partial charge in [0.25, 0.3) is 0 Å². The maximum Gasteiger partial charge on any atom is 0.320 e. The van der Waals surface area contributed by atoms with Gasteiger partial charge in [0.05, 0.1) is 11.7 Å². The number of rotatable bonds is 5. The topological polar surface area (TPSA) is 53.4 Å². The van der Waals surface area contributed by atoms with Crippen molar-refractivity contribution in [1.82, 2.24) is 9.88 Å². The second-order valence-electron chi connectivity index (χ2n) is 7.07. The molecule has 1 N–H and O–H groups in total. The summed E-state index contributed by atoms with van der Waals surface area (Å²) in [6.07, 6.45) is 4.47. The summed E-state index contributed by atoms with van der Waals surface area (Å²) >= 11 is 0. The highest BCUT2D eigenvalue weighted by Crippen LogP contribution is 2.33. The number of carboxylic acids is 1. The molecule has 1 aromatic heterocycles.